The number of halogens is 2. The van der Waals surface area contributed by atoms with E-state index in [1.807, 2.05) is 0 Å². The third-order valence-electron chi connectivity index (χ3n) is 3.21. The molecule has 1 aromatic carbocycles. The number of hydrogen-bond donors (Lipinski definition) is 2. The van der Waals surface area contributed by atoms with Crippen molar-refractivity contribution in [2.24, 2.45) is 5.92 Å². The lowest BCUT2D eigenvalue weighted by Gasteiger charge is -2.14. The molecule has 0 aliphatic heterocycles. The fourth-order valence-corrected chi connectivity index (χ4v) is 2.44. The van der Waals surface area contributed by atoms with Crippen LogP contribution in [0.25, 0.3) is 0 Å². The van der Waals surface area contributed by atoms with Gasteiger partial charge in [-0.15, -0.1) is 0 Å². The minimum Gasteiger partial charge on any atom is -0.480 e. The lowest BCUT2D eigenvalue weighted by molar-refractivity contribution is -0.139. The quantitative estimate of drug-likeness (QED) is 0.759. The Hall–Kier alpha value is -1.63. The van der Waals surface area contributed by atoms with Gasteiger partial charge in [-0.3, -0.25) is 4.79 Å². The van der Waals surface area contributed by atoms with Crippen molar-refractivity contribution in [2.75, 3.05) is 0 Å². The molecule has 1 atom stereocenters. The molecule has 1 aliphatic rings. The second-order valence-corrected chi connectivity index (χ2v) is 6.01. The van der Waals surface area contributed by atoms with Gasteiger partial charge in [-0.2, -0.15) is 8.78 Å². The molecule has 0 heterocycles. The maximum atomic E-state index is 12.2. The second-order valence-electron chi connectivity index (χ2n) is 4.95. The highest BCUT2D eigenvalue weighted by Gasteiger charge is 2.30. The normalized spacial score (nSPS) is 15.8. The van der Waals surface area contributed by atoms with Crippen molar-refractivity contribution in [1.82, 2.24) is 5.32 Å². The third kappa shape index (κ3) is 5.00. The number of carboxylic acids is 1. The number of thioether (sulfide) groups is 1. The molecule has 21 heavy (non-hydrogen) atoms. The monoisotopic (exact) mass is 315 g/mol. The molecule has 4 nitrogen and oxygen atoms in total. The predicted molar refractivity (Wildman–Crippen MR) is 74.5 cm³/mol. The number of alkyl halides is 2. The van der Waals surface area contributed by atoms with Gasteiger partial charge in [-0.25, -0.2) is 4.79 Å². The molecule has 1 amide bonds. The SMILES string of the molecule is O=C(NC(CC1CC1)C(=O)O)c1ccc(SC(F)F)cc1. The topological polar surface area (TPSA) is 66.4 Å². The summed E-state index contributed by atoms with van der Waals surface area (Å²) in [6.07, 6.45) is 2.43. The summed E-state index contributed by atoms with van der Waals surface area (Å²) in [5, 5.41) is 11.6. The van der Waals surface area contributed by atoms with E-state index < -0.39 is 23.7 Å². The maximum Gasteiger partial charge on any atom is 0.326 e. The van der Waals surface area contributed by atoms with E-state index in [0.29, 0.717) is 29.0 Å². The molecule has 2 rings (SSSR count). The van der Waals surface area contributed by atoms with Gasteiger partial charge >= 0.3 is 5.97 Å². The highest BCUT2D eigenvalue weighted by Crippen LogP contribution is 2.33. The standard InChI is InChI=1S/C14H15F2NO3S/c15-14(16)21-10-5-3-9(4-6-10)12(18)17-11(13(19)20)7-8-1-2-8/h3-6,8,11,14H,1-2,7H2,(H,17,18)(H,19,20). The first-order valence-electron chi connectivity index (χ1n) is 6.54. The summed E-state index contributed by atoms with van der Waals surface area (Å²) in [6, 6.07) is 4.76. The molecule has 0 saturated heterocycles. The lowest BCUT2D eigenvalue weighted by Crippen LogP contribution is -2.41. The van der Waals surface area contributed by atoms with Crippen LogP contribution in [-0.4, -0.2) is 28.8 Å². The summed E-state index contributed by atoms with van der Waals surface area (Å²) in [5.74, 6) is -3.70. The first-order valence-corrected chi connectivity index (χ1v) is 7.42. The van der Waals surface area contributed by atoms with Crippen LogP contribution in [0.15, 0.2) is 29.2 Å². The molecular weight excluding hydrogens is 300 g/mol. The Morgan fingerprint density at radius 3 is 2.38 bits per heavy atom. The number of aliphatic carboxylic acids is 1. The van der Waals surface area contributed by atoms with Gasteiger partial charge in [0, 0.05) is 10.5 Å². The van der Waals surface area contributed by atoms with E-state index in [1.54, 1.807) is 0 Å². The summed E-state index contributed by atoms with van der Waals surface area (Å²) in [5.41, 5.74) is 0.260. The van der Waals surface area contributed by atoms with Crippen molar-refractivity contribution >= 4 is 23.6 Å². The summed E-state index contributed by atoms with van der Waals surface area (Å²) in [4.78, 5) is 23.4. The fraction of sp³-hybridized carbons (Fsp3) is 0.429. The van der Waals surface area contributed by atoms with Gasteiger partial charge in [0.05, 0.1) is 0 Å². The van der Waals surface area contributed by atoms with Crippen molar-refractivity contribution in [1.29, 1.82) is 0 Å². The van der Waals surface area contributed by atoms with E-state index in [9.17, 15) is 18.4 Å². The van der Waals surface area contributed by atoms with E-state index in [0.717, 1.165) is 12.8 Å². The predicted octanol–water partition coefficient (Wildman–Crippen LogP) is 2.98. The minimum absolute atomic E-state index is 0.260. The highest BCUT2D eigenvalue weighted by atomic mass is 32.2. The van der Waals surface area contributed by atoms with Crippen LogP contribution in [0.3, 0.4) is 0 Å². The second kappa shape index (κ2) is 6.89. The van der Waals surface area contributed by atoms with Gasteiger partial charge < -0.3 is 10.4 Å². The van der Waals surface area contributed by atoms with Crippen molar-refractivity contribution in [3.8, 4) is 0 Å². The highest BCUT2D eigenvalue weighted by molar-refractivity contribution is 7.99. The van der Waals surface area contributed by atoms with Crippen LogP contribution in [0.4, 0.5) is 8.78 Å². The number of rotatable bonds is 7. The van der Waals surface area contributed by atoms with Gasteiger partial charge in [0.1, 0.15) is 6.04 Å². The molecule has 1 saturated carbocycles. The number of benzene rings is 1. The average molecular weight is 315 g/mol. The summed E-state index contributed by atoms with van der Waals surface area (Å²) >= 11 is 0.395. The Balaban J connectivity index is 1.96. The molecule has 2 N–H and O–H groups in total. The van der Waals surface area contributed by atoms with Crippen LogP contribution in [0.1, 0.15) is 29.6 Å². The zero-order valence-corrected chi connectivity index (χ0v) is 11.9. The van der Waals surface area contributed by atoms with E-state index in [4.69, 9.17) is 5.11 Å². The van der Waals surface area contributed by atoms with E-state index in [2.05, 4.69) is 5.32 Å². The molecule has 0 aromatic heterocycles. The number of hydrogen-bond acceptors (Lipinski definition) is 3. The van der Waals surface area contributed by atoms with Gasteiger partial charge in [0.2, 0.25) is 0 Å². The smallest absolute Gasteiger partial charge is 0.326 e. The van der Waals surface area contributed by atoms with E-state index in [-0.39, 0.29) is 5.56 Å². The lowest BCUT2D eigenvalue weighted by atomic mass is 10.1. The first-order chi connectivity index (χ1) is 9.95. The van der Waals surface area contributed by atoms with Crippen molar-refractivity contribution < 1.29 is 23.5 Å². The number of nitrogens with one attached hydrogen (secondary N) is 1. The van der Waals surface area contributed by atoms with Crippen LogP contribution in [0.2, 0.25) is 0 Å². The molecule has 1 fully saturated rings. The minimum atomic E-state index is -2.51. The van der Waals surface area contributed by atoms with Gasteiger partial charge in [-0.05, 0) is 36.6 Å². The summed E-state index contributed by atoms with van der Waals surface area (Å²) in [7, 11) is 0. The van der Waals surface area contributed by atoms with Crippen molar-refractivity contribution in [3.05, 3.63) is 29.8 Å². The number of carbonyl (C=O) groups excluding carboxylic acids is 1. The van der Waals surface area contributed by atoms with Crippen LogP contribution >= 0.6 is 11.8 Å². The van der Waals surface area contributed by atoms with Crippen molar-refractivity contribution in [3.63, 3.8) is 0 Å². The molecule has 114 valence electrons. The van der Waals surface area contributed by atoms with Gasteiger partial charge in [-0.1, -0.05) is 24.6 Å². The molecule has 0 bridgehead atoms. The number of amides is 1. The van der Waals surface area contributed by atoms with Crippen molar-refractivity contribution in [2.45, 2.75) is 36.0 Å². The first kappa shape index (κ1) is 15.8. The molecule has 1 aromatic rings. The van der Waals surface area contributed by atoms with Crippen LogP contribution in [0, 0.1) is 5.92 Å². The Morgan fingerprint density at radius 2 is 1.90 bits per heavy atom. The Morgan fingerprint density at radius 1 is 1.29 bits per heavy atom. The van der Waals surface area contributed by atoms with Crippen LogP contribution < -0.4 is 5.32 Å². The van der Waals surface area contributed by atoms with Crippen LogP contribution in [-0.2, 0) is 4.79 Å². The van der Waals surface area contributed by atoms with Gasteiger partial charge in [0.25, 0.3) is 11.7 Å². The number of carbonyl (C=O) groups is 2. The zero-order valence-electron chi connectivity index (χ0n) is 11.1. The molecule has 0 spiro atoms. The fourth-order valence-electron chi connectivity index (χ4n) is 1.94. The summed E-state index contributed by atoms with van der Waals surface area (Å²) in [6.45, 7) is 0. The average Bonchev–Trinajstić information content (AvgIpc) is 3.22. The van der Waals surface area contributed by atoms with Gasteiger partial charge in [0.15, 0.2) is 0 Å². The molecule has 1 aliphatic carbocycles. The Bertz CT molecular complexity index is 517. The largest absolute Gasteiger partial charge is 0.480 e. The molecular formula is C14H15F2NO3S. The zero-order chi connectivity index (χ0) is 15.4. The molecule has 1 unspecified atom stereocenters. The molecule has 7 heteroatoms. The maximum absolute atomic E-state index is 12.2. The molecule has 0 radical (unpaired) electrons. The van der Waals surface area contributed by atoms with Crippen LogP contribution in [0.5, 0.6) is 0 Å². The number of carboxylic acid groups (broad SMARTS) is 1. The Labute approximate surface area is 124 Å². The van der Waals surface area contributed by atoms with E-state index in [1.165, 1.54) is 24.3 Å². The van der Waals surface area contributed by atoms with E-state index >= 15 is 0 Å². The third-order valence-corrected chi connectivity index (χ3v) is 3.93. The Kier molecular flexibility index (Phi) is 5.17. The summed E-state index contributed by atoms with van der Waals surface area (Å²) < 4.78 is 24.4.